The SMILES string of the molecule is COC(=O)[C@@H]1[C@@H](c2ccco2)N(CCc2c[nH]c3ccccc23)[C@H]2c3ccccc3CCN21. The van der Waals surface area contributed by atoms with Crippen LogP contribution < -0.4 is 0 Å². The van der Waals surface area contributed by atoms with Gasteiger partial charge in [-0.25, -0.2) is 0 Å². The number of aromatic amines is 1. The first-order chi connectivity index (χ1) is 16.3. The van der Waals surface area contributed by atoms with Crippen LogP contribution >= 0.6 is 0 Å². The summed E-state index contributed by atoms with van der Waals surface area (Å²) in [5, 5.41) is 1.25. The molecule has 6 rings (SSSR count). The Hall–Kier alpha value is -3.35. The third-order valence-electron chi connectivity index (χ3n) is 7.21. The number of hydrogen-bond donors (Lipinski definition) is 1. The van der Waals surface area contributed by atoms with E-state index in [1.807, 2.05) is 18.2 Å². The number of carbonyl (C=O) groups excluding carboxylic acids is 1. The van der Waals surface area contributed by atoms with Gasteiger partial charge in [0, 0.05) is 30.2 Å². The molecule has 0 unspecified atom stereocenters. The molecule has 1 N–H and O–H groups in total. The Morgan fingerprint density at radius 3 is 2.82 bits per heavy atom. The van der Waals surface area contributed by atoms with E-state index in [1.54, 1.807) is 6.26 Å². The number of benzene rings is 2. The smallest absolute Gasteiger partial charge is 0.325 e. The molecular formula is C27H27N3O3. The van der Waals surface area contributed by atoms with Crippen molar-refractivity contribution in [3.63, 3.8) is 0 Å². The zero-order valence-electron chi connectivity index (χ0n) is 18.6. The molecule has 0 amide bonds. The lowest BCUT2D eigenvalue weighted by Crippen LogP contribution is -2.43. The van der Waals surface area contributed by atoms with Gasteiger partial charge in [0.25, 0.3) is 0 Å². The van der Waals surface area contributed by atoms with Gasteiger partial charge in [0.2, 0.25) is 0 Å². The molecule has 33 heavy (non-hydrogen) atoms. The lowest BCUT2D eigenvalue weighted by atomic mass is 9.96. The number of carbonyl (C=O) groups is 1. The maximum absolute atomic E-state index is 13.1. The number of H-pyrrole nitrogens is 1. The summed E-state index contributed by atoms with van der Waals surface area (Å²) in [5.74, 6) is 0.589. The highest BCUT2D eigenvalue weighted by atomic mass is 16.5. The van der Waals surface area contributed by atoms with E-state index < -0.39 is 6.04 Å². The van der Waals surface area contributed by atoms with E-state index in [-0.39, 0.29) is 18.2 Å². The van der Waals surface area contributed by atoms with Crippen molar-refractivity contribution in [3.8, 4) is 0 Å². The van der Waals surface area contributed by atoms with Crippen molar-refractivity contribution in [1.82, 2.24) is 14.8 Å². The average molecular weight is 442 g/mol. The number of nitrogens with one attached hydrogen (secondary N) is 1. The summed E-state index contributed by atoms with van der Waals surface area (Å²) in [4.78, 5) is 21.2. The molecular weight excluding hydrogens is 414 g/mol. The number of ether oxygens (including phenoxy) is 1. The van der Waals surface area contributed by atoms with E-state index in [0.717, 1.165) is 37.2 Å². The molecule has 1 fully saturated rings. The molecule has 0 bridgehead atoms. The van der Waals surface area contributed by atoms with E-state index in [0.29, 0.717) is 0 Å². The number of hydrogen-bond acceptors (Lipinski definition) is 5. The molecule has 0 radical (unpaired) electrons. The molecule has 1 saturated heterocycles. The molecule has 2 aliphatic heterocycles. The lowest BCUT2D eigenvalue weighted by Gasteiger charge is -2.37. The Morgan fingerprint density at radius 2 is 1.97 bits per heavy atom. The number of esters is 1. The molecule has 6 nitrogen and oxygen atoms in total. The monoisotopic (exact) mass is 441 g/mol. The van der Waals surface area contributed by atoms with Crippen LogP contribution in [0.25, 0.3) is 10.9 Å². The highest BCUT2D eigenvalue weighted by Gasteiger charge is 2.54. The highest BCUT2D eigenvalue weighted by Crippen LogP contribution is 2.48. The number of fused-ring (bicyclic) bond motifs is 4. The van der Waals surface area contributed by atoms with Crippen molar-refractivity contribution >= 4 is 16.9 Å². The largest absolute Gasteiger partial charge is 0.468 e. The van der Waals surface area contributed by atoms with Crippen LogP contribution in [0.3, 0.4) is 0 Å². The molecule has 168 valence electrons. The van der Waals surface area contributed by atoms with Crippen LogP contribution in [0.5, 0.6) is 0 Å². The van der Waals surface area contributed by atoms with Crippen molar-refractivity contribution in [1.29, 1.82) is 0 Å². The molecule has 2 aromatic heterocycles. The summed E-state index contributed by atoms with van der Waals surface area (Å²) in [6.07, 6.45) is 5.57. The van der Waals surface area contributed by atoms with Crippen LogP contribution in [0.4, 0.5) is 0 Å². The van der Waals surface area contributed by atoms with Crippen molar-refractivity contribution in [2.75, 3.05) is 20.2 Å². The van der Waals surface area contributed by atoms with Crippen LogP contribution in [0.1, 0.15) is 34.7 Å². The van der Waals surface area contributed by atoms with Gasteiger partial charge in [-0.1, -0.05) is 42.5 Å². The summed E-state index contributed by atoms with van der Waals surface area (Å²) >= 11 is 0. The Morgan fingerprint density at radius 1 is 1.12 bits per heavy atom. The van der Waals surface area contributed by atoms with Crippen molar-refractivity contribution in [2.45, 2.75) is 31.1 Å². The predicted octanol–water partition coefficient (Wildman–Crippen LogP) is 4.46. The zero-order chi connectivity index (χ0) is 22.4. The minimum absolute atomic E-state index is 0.000596. The minimum Gasteiger partial charge on any atom is -0.468 e. The van der Waals surface area contributed by atoms with Crippen molar-refractivity contribution < 1.29 is 13.9 Å². The lowest BCUT2D eigenvalue weighted by molar-refractivity contribution is -0.147. The third-order valence-corrected chi connectivity index (χ3v) is 7.21. The van der Waals surface area contributed by atoms with E-state index in [9.17, 15) is 4.79 Å². The third kappa shape index (κ3) is 3.29. The summed E-state index contributed by atoms with van der Waals surface area (Å²) in [6, 6.07) is 20.2. The van der Waals surface area contributed by atoms with E-state index in [2.05, 4.69) is 63.4 Å². The van der Waals surface area contributed by atoms with Gasteiger partial charge in [0.1, 0.15) is 11.8 Å². The average Bonchev–Trinajstić information content (AvgIpc) is 3.59. The molecule has 2 aliphatic rings. The maximum atomic E-state index is 13.1. The van der Waals surface area contributed by atoms with E-state index in [1.165, 1.54) is 29.2 Å². The first-order valence-electron chi connectivity index (χ1n) is 11.5. The van der Waals surface area contributed by atoms with Gasteiger partial charge in [-0.3, -0.25) is 14.6 Å². The van der Waals surface area contributed by atoms with Gasteiger partial charge in [-0.05, 0) is 47.7 Å². The van der Waals surface area contributed by atoms with Crippen LogP contribution in [-0.4, -0.2) is 47.0 Å². The summed E-state index contributed by atoms with van der Waals surface area (Å²) in [7, 11) is 1.48. The van der Waals surface area contributed by atoms with Crippen molar-refractivity contribution in [3.05, 3.63) is 95.6 Å². The van der Waals surface area contributed by atoms with Crippen LogP contribution in [0, 0.1) is 0 Å². The molecule has 4 aromatic rings. The second kappa shape index (κ2) is 8.21. The normalized spacial score (nSPS) is 22.9. The Kier molecular flexibility index (Phi) is 5.04. The van der Waals surface area contributed by atoms with Gasteiger partial charge in [0.15, 0.2) is 0 Å². The van der Waals surface area contributed by atoms with E-state index in [4.69, 9.17) is 9.15 Å². The Bertz CT molecular complexity index is 1280. The number of methoxy groups -OCH3 is 1. The first-order valence-corrected chi connectivity index (χ1v) is 11.5. The molecule has 2 aromatic carbocycles. The second-order valence-corrected chi connectivity index (χ2v) is 8.84. The fourth-order valence-electron chi connectivity index (χ4n) is 5.75. The van der Waals surface area contributed by atoms with Crippen LogP contribution in [-0.2, 0) is 22.4 Å². The molecule has 0 spiro atoms. The summed E-state index contributed by atoms with van der Waals surface area (Å²) < 4.78 is 11.2. The quantitative estimate of drug-likeness (QED) is 0.464. The Balaban J connectivity index is 1.43. The predicted molar refractivity (Wildman–Crippen MR) is 126 cm³/mol. The van der Waals surface area contributed by atoms with E-state index >= 15 is 0 Å². The topological polar surface area (TPSA) is 61.7 Å². The number of furan rings is 1. The maximum Gasteiger partial charge on any atom is 0.325 e. The molecule has 6 heteroatoms. The number of rotatable bonds is 5. The van der Waals surface area contributed by atoms with Gasteiger partial charge in [-0.2, -0.15) is 0 Å². The molecule has 3 atom stereocenters. The zero-order valence-corrected chi connectivity index (χ0v) is 18.6. The number of nitrogens with zero attached hydrogens (tertiary/aromatic N) is 2. The number of para-hydroxylation sites is 1. The van der Waals surface area contributed by atoms with Gasteiger partial charge in [-0.15, -0.1) is 0 Å². The minimum atomic E-state index is -0.414. The summed E-state index contributed by atoms with van der Waals surface area (Å²) in [5.41, 5.74) is 5.04. The van der Waals surface area contributed by atoms with Gasteiger partial charge in [0.05, 0.1) is 25.6 Å². The van der Waals surface area contributed by atoms with Gasteiger partial charge >= 0.3 is 5.97 Å². The van der Waals surface area contributed by atoms with Gasteiger partial charge < -0.3 is 14.1 Å². The van der Waals surface area contributed by atoms with Crippen LogP contribution in [0.15, 0.2) is 77.5 Å². The first kappa shape index (κ1) is 20.3. The van der Waals surface area contributed by atoms with Crippen LogP contribution in [0.2, 0.25) is 0 Å². The van der Waals surface area contributed by atoms with Crippen molar-refractivity contribution in [2.24, 2.45) is 0 Å². The molecule has 4 heterocycles. The standard InChI is InChI=1S/C27H27N3O3/c1-32-27(31)25-24(23-11-6-16-33-23)29(15-13-19-17-28-22-10-5-4-8-20(19)22)26-21-9-3-2-7-18(21)12-14-30(25)26/h2-11,16-17,24-26,28H,12-15H2,1H3/t24-,25+,26-/m1/s1. The highest BCUT2D eigenvalue weighted by molar-refractivity contribution is 5.83. The second-order valence-electron chi connectivity index (χ2n) is 8.84. The number of aromatic nitrogens is 1. The fraction of sp³-hybridized carbons (Fsp3) is 0.296. The molecule has 0 saturated carbocycles. The summed E-state index contributed by atoms with van der Waals surface area (Å²) in [6.45, 7) is 1.60. The Labute approximate surface area is 192 Å². The fourth-order valence-corrected chi connectivity index (χ4v) is 5.75. The molecule has 0 aliphatic carbocycles.